The van der Waals surface area contributed by atoms with Crippen LogP contribution in [-0.2, 0) is 6.61 Å². The molecule has 124 valence electrons. The quantitative estimate of drug-likeness (QED) is 0.645. The average molecular weight is 332 g/mol. The standard InChI is InChI=1S/C21H16O4/c1-14-5-2-3-6-15(14)13-24-17-8-9-18-19(11-17)25-20(21(18)22)12-16-7-4-10-23-16/h2-12H,13H2,1H3/b20-12+. The van der Waals surface area contributed by atoms with Crippen LogP contribution >= 0.6 is 0 Å². The third kappa shape index (κ3) is 3.06. The van der Waals surface area contributed by atoms with Gasteiger partial charge in [-0.1, -0.05) is 24.3 Å². The number of allylic oxidation sites excluding steroid dienone is 1. The molecule has 0 unspecified atom stereocenters. The lowest BCUT2D eigenvalue weighted by Gasteiger charge is -2.09. The lowest BCUT2D eigenvalue weighted by molar-refractivity contribution is 0.101. The number of hydrogen-bond donors (Lipinski definition) is 0. The second kappa shape index (κ2) is 6.32. The van der Waals surface area contributed by atoms with Gasteiger partial charge in [-0.2, -0.15) is 0 Å². The number of ketones is 1. The van der Waals surface area contributed by atoms with E-state index < -0.39 is 0 Å². The molecule has 0 spiro atoms. The van der Waals surface area contributed by atoms with E-state index in [2.05, 4.69) is 13.0 Å². The number of rotatable bonds is 4. The van der Waals surface area contributed by atoms with Crippen LogP contribution in [0.2, 0.25) is 0 Å². The van der Waals surface area contributed by atoms with Gasteiger partial charge in [-0.05, 0) is 42.3 Å². The fourth-order valence-corrected chi connectivity index (χ4v) is 2.69. The number of furan rings is 1. The maximum Gasteiger partial charge on any atom is 0.232 e. The summed E-state index contributed by atoms with van der Waals surface area (Å²) in [6, 6.07) is 16.9. The number of ether oxygens (including phenoxy) is 2. The normalized spacial score (nSPS) is 14.4. The van der Waals surface area contributed by atoms with Gasteiger partial charge in [0.25, 0.3) is 0 Å². The summed E-state index contributed by atoms with van der Waals surface area (Å²) in [6.07, 6.45) is 3.15. The number of hydrogen-bond acceptors (Lipinski definition) is 4. The highest BCUT2D eigenvalue weighted by molar-refractivity contribution is 6.14. The second-order valence-corrected chi connectivity index (χ2v) is 5.83. The Morgan fingerprint density at radius 2 is 1.96 bits per heavy atom. The Labute approximate surface area is 145 Å². The van der Waals surface area contributed by atoms with E-state index in [0.717, 1.165) is 5.56 Å². The summed E-state index contributed by atoms with van der Waals surface area (Å²) in [5, 5.41) is 0. The minimum Gasteiger partial charge on any atom is -0.489 e. The zero-order valence-corrected chi connectivity index (χ0v) is 13.7. The van der Waals surface area contributed by atoms with Crippen LogP contribution in [0.4, 0.5) is 0 Å². The monoisotopic (exact) mass is 332 g/mol. The fourth-order valence-electron chi connectivity index (χ4n) is 2.69. The second-order valence-electron chi connectivity index (χ2n) is 5.83. The Hall–Kier alpha value is -3.27. The van der Waals surface area contributed by atoms with Gasteiger partial charge < -0.3 is 13.9 Å². The maximum atomic E-state index is 12.4. The number of aryl methyl sites for hydroxylation is 1. The first-order valence-electron chi connectivity index (χ1n) is 8.00. The zero-order chi connectivity index (χ0) is 17.2. The van der Waals surface area contributed by atoms with Crippen molar-refractivity contribution >= 4 is 11.9 Å². The molecule has 0 saturated heterocycles. The van der Waals surface area contributed by atoms with Crippen molar-refractivity contribution in [3.05, 3.63) is 89.1 Å². The van der Waals surface area contributed by atoms with Gasteiger partial charge in [0.05, 0.1) is 11.8 Å². The molecule has 3 aromatic rings. The van der Waals surface area contributed by atoms with Crippen molar-refractivity contribution in [3.63, 3.8) is 0 Å². The molecule has 1 aromatic heterocycles. The minimum atomic E-state index is -0.156. The van der Waals surface area contributed by atoms with Gasteiger partial charge in [0, 0.05) is 12.1 Å². The summed E-state index contributed by atoms with van der Waals surface area (Å²) in [5.74, 6) is 1.84. The van der Waals surface area contributed by atoms with Crippen LogP contribution in [0.3, 0.4) is 0 Å². The molecule has 4 nitrogen and oxygen atoms in total. The van der Waals surface area contributed by atoms with Crippen LogP contribution in [0, 0.1) is 6.92 Å². The van der Waals surface area contributed by atoms with E-state index in [-0.39, 0.29) is 11.5 Å². The average Bonchev–Trinajstić information content (AvgIpc) is 3.23. The molecule has 4 rings (SSSR count). The van der Waals surface area contributed by atoms with Crippen LogP contribution in [0.5, 0.6) is 11.5 Å². The molecule has 2 heterocycles. The van der Waals surface area contributed by atoms with E-state index in [9.17, 15) is 4.79 Å². The van der Waals surface area contributed by atoms with Crippen LogP contribution in [0.25, 0.3) is 6.08 Å². The van der Waals surface area contributed by atoms with Crippen molar-refractivity contribution in [1.29, 1.82) is 0 Å². The van der Waals surface area contributed by atoms with E-state index in [0.29, 0.717) is 29.4 Å². The molecule has 1 aliphatic rings. The lowest BCUT2D eigenvalue weighted by atomic mass is 10.1. The summed E-state index contributed by atoms with van der Waals surface area (Å²) < 4.78 is 16.8. The molecule has 4 heteroatoms. The molecular weight excluding hydrogens is 316 g/mol. The first kappa shape index (κ1) is 15.3. The van der Waals surface area contributed by atoms with Gasteiger partial charge in [0.2, 0.25) is 5.78 Å². The number of benzene rings is 2. The number of Topliss-reactive ketones (excluding diaryl/α,β-unsaturated/α-hetero) is 1. The van der Waals surface area contributed by atoms with Gasteiger partial charge in [-0.25, -0.2) is 0 Å². The molecular formula is C21H16O4. The van der Waals surface area contributed by atoms with Crippen LogP contribution in [-0.4, -0.2) is 5.78 Å². The van der Waals surface area contributed by atoms with Crippen molar-refractivity contribution in [2.45, 2.75) is 13.5 Å². The molecule has 0 amide bonds. The van der Waals surface area contributed by atoms with Gasteiger partial charge >= 0.3 is 0 Å². The van der Waals surface area contributed by atoms with Crippen molar-refractivity contribution < 1.29 is 18.7 Å². The highest BCUT2D eigenvalue weighted by Crippen LogP contribution is 2.35. The molecule has 0 bridgehead atoms. The molecule has 0 saturated carbocycles. The first-order valence-corrected chi connectivity index (χ1v) is 8.00. The Morgan fingerprint density at radius 1 is 1.08 bits per heavy atom. The van der Waals surface area contributed by atoms with Crippen LogP contribution in [0.1, 0.15) is 27.2 Å². The summed E-state index contributed by atoms with van der Waals surface area (Å²) >= 11 is 0. The zero-order valence-electron chi connectivity index (χ0n) is 13.7. The predicted molar refractivity (Wildman–Crippen MR) is 93.6 cm³/mol. The first-order chi connectivity index (χ1) is 12.2. The van der Waals surface area contributed by atoms with Gasteiger partial charge in [-0.3, -0.25) is 4.79 Å². The number of carbonyl (C=O) groups excluding carboxylic acids is 1. The predicted octanol–water partition coefficient (Wildman–Crippen LogP) is 4.78. The Balaban J connectivity index is 1.52. The van der Waals surface area contributed by atoms with Crippen molar-refractivity contribution in [1.82, 2.24) is 0 Å². The minimum absolute atomic E-state index is 0.156. The molecule has 0 aliphatic carbocycles. The van der Waals surface area contributed by atoms with Crippen molar-refractivity contribution in [3.8, 4) is 11.5 Å². The molecule has 0 atom stereocenters. The van der Waals surface area contributed by atoms with E-state index in [4.69, 9.17) is 13.9 Å². The van der Waals surface area contributed by atoms with E-state index in [1.54, 1.807) is 42.7 Å². The van der Waals surface area contributed by atoms with Gasteiger partial charge in [0.15, 0.2) is 5.76 Å². The third-order valence-corrected chi connectivity index (χ3v) is 4.11. The number of fused-ring (bicyclic) bond motifs is 1. The van der Waals surface area contributed by atoms with Crippen molar-refractivity contribution in [2.75, 3.05) is 0 Å². The molecule has 0 fully saturated rings. The third-order valence-electron chi connectivity index (χ3n) is 4.11. The van der Waals surface area contributed by atoms with E-state index in [1.807, 2.05) is 18.2 Å². The van der Waals surface area contributed by atoms with E-state index in [1.165, 1.54) is 5.56 Å². The number of carbonyl (C=O) groups is 1. The molecule has 25 heavy (non-hydrogen) atoms. The van der Waals surface area contributed by atoms with Gasteiger partial charge in [0.1, 0.15) is 23.9 Å². The largest absolute Gasteiger partial charge is 0.489 e. The fraction of sp³-hybridized carbons (Fsp3) is 0.0952. The molecule has 0 N–H and O–H groups in total. The summed E-state index contributed by atoms with van der Waals surface area (Å²) in [6.45, 7) is 2.52. The maximum absolute atomic E-state index is 12.4. The molecule has 2 aromatic carbocycles. The SMILES string of the molecule is Cc1ccccc1COc1ccc2c(c1)O/C(=C/c1ccco1)C2=O. The summed E-state index contributed by atoms with van der Waals surface area (Å²) in [4.78, 5) is 12.4. The van der Waals surface area contributed by atoms with Gasteiger partial charge in [-0.15, -0.1) is 0 Å². The summed E-state index contributed by atoms with van der Waals surface area (Å²) in [5.41, 5.74) is 2.83. The topological polar surface area (TPSA) is 48.7 Å². The lowest BCUT2D eigenvalue weighted by Crippen LogP contribution is -1.98. The molecule has 0 radical (unpaired) electrons. The van der Waals surface area contributed by atoms with E-state index >= 15 is 0 Å². The smallest absolute Gasteiger partial charge is 0.232 e. The van der Waals surface area contributed by atoms with Crippen LogP contribution < -0.4 is 9.47 Å². The van der Waals surface area contributed by atoms with Crippen LogP contribution in [0.15, 0.2) is 71.0 Å². The Bertz CT molecular complexity index is 952. The summed E-state index contributed by atoms with van der Waals surface area (Å²) in [7, 11) is 0. The highest BCUT2D eigenvalue weighted by atomic mass is 16.5. The Morgan fingerprint density at radius 3 is 2.76 bits per heavy atom. The Kier molecular flexibility index (Phi) is 3.86. The molecule has 1 aliphatic heterocycles. The highest BCUT2D eigenvalue weighted by Gasteiger charge is 2.28. The van der Waals surface area contributed by atoms with Crippen molar-refractivity contribution in [2.24, 2.45) is 0 Å².